The van der Waals surface area contributed by atoms with Crippen LogP contribution in [0.2, 0.25) is 0 Å². The molecule has 2 nitrogen and oxygen atoms in total. The number of unbranched alkanes of at least 4 members (excludes halogenated alkanes) is 7. The van der Waals surface area contributed by atoms with E-state index in [9.17, 15) is 0 Å². The monoisotopic (exact) mass is 256 g/mol. The zero-order valence-electron chi connectivity index (χ0n) is 12.5. The third-order valence-corrected chi connectivity index (χ3v) is 3.83. The van der Waals surface area contributed by atoms with Gasteiger partial charge in [0.1, 0.15) is 0 Å². The van der Waals surface area contributed by atoms with Gasteiger partial charge in [-0.1, -0.05) is 65.2 Å². The van der Waals surface area contributed by atoms with Crippen molar-refractivity contribution in [3.05, 3.63) is 0 Å². The van der Waals surface area contributed by atoms with Crippen molar-refractivity contribution in [3.8, 4) is 0 Å². The number of hydrogen-bond acceptors (Lipinski definition) is 2. The molecule has 0 N–H and O–H groups in total. The largest absolute Gasteiger partial charge is 0.376 e. The van der Waals surface area contributed by atoms with Crippen LogP contribution in [0.25, 0.3) is 0 Å². The average Bonchev–Trinajstić information content (AvgIpc) is 2.42. The molecule has 0 radical (unpaired) electrons. The van der Waals surface area contributed by atoms with Crippen molar-refractivity contribution < 1.29 is 9.47 Å². The van der Waals surface area contributed by atoms with Gasteiger partial charge in [-0.05, 0) is 12.8 Å². The Morgan fingerprint density at radius 3 is 2.06 bits per heavy atom. The SMILES string of the molecule is CCCCCCCCCCC1COCC(CC)O1. The summed E-state index contributed by atoms with van der Waals surface area (Å²) in [6.07, 6.45) is 14.1. The van der Waals surface area contributed by atoms with E-state index in [4.69, 9.17) is 9.47 Å². The summed E-state index contributed by atoms with van der Waals surface area (Å²) in [5.74, 6) is 0. The first-order valence-corrected chi connectivity index (χ1v) is 8.10. The van der Waals surface area contributed by atoms with E-state index in [1.807, 2.05) is 0 Å². The summed E-state index contributed by atoms with van der Waals surface area (Å²) in [7, 11) is 0. The molecule has 108 valence electrons. The van der Waals surface area contributed by atoms with E-state index in [0.29, 0.717) is 12.2 Å². The van der Waals surface area contributed by atoms with Crippen molar-refractivity contribution in [2.24, 2.45) is 0 Å². The molecular weight excluding hydrogens is 224 g/mol. The van der Waals surface area contributed by atoms with Gasteiger partial charge in [0, 0.05) is 0 Å². The molecule has 2 unspecified atom stereocenters. The van der Waals surface area contributed by atoms with Gasteiger partial charge in [0.2, 0.25) is 0 Å². The molecule has 0 saturated carbocycles. The van der Waals surface area contributed by atoms with Crippen LogP contribution in [0, 0.1) is 0 Å². The molecule has 2 atom stereocenters. The molecule has 0 aromatic carbocycles. The molecule has 0 aromatic heterocycles. The molecular formula is C16H32O2. The molecule has 1 aliphatic heterocycles. The first kappa shape index (κ1) is 16.0. The molecule has 1 heterocycles. The van der Waals surface area contributed by atoms with Crippen LogP contribution >= 0.6 is 0 Å². The average molecular weight is 256 g/mol. The summed E-state index contributed by atoms with van der Waals surface area (Å²) >= 11 is 0. The van der Waals surface area contributed by atoms with Crippen LogP contribution in [0.4, 0.5) is 0 Å². The zero-order valence-corrected chi connectivity index (χ0v) is 12.5. The Morgan fingerprint density at radius 2 is 1.39 bits per heavy atom. The second-order valence-electron chi connectivity index (χ2n) is 5.59. The summed E-state index contributed by atoms with van der Waals surface area (Å²) in [5, 5.41) is 0. The van der Waals surface area contributed by atoms with Gasteiger partial charge in [-0.15, -0.1) is 0 Å². The van der Waals surface area contributed by atoms with Crippen molar-refractivity contribution in [1.82, 2.24) is 0 Å². The molecule has 1 rings (SSSR count). The highest BCUT2D eigenvalue weighted by atomic mass is 16.6. The van der Waals surface area contributed by atoms with Crippen molar-refractivity contribution in [3.63, 3.8) is 0 Å². The molecule has 1 saturated heterocycles. The highest BCUT2D eigenvalue weighted by molar-refractivity contribution is 4.67. The van der Waals surface area contributed by atoms with Crippen LogP contribution in [-0.2, 0) is 9.47 Å². The van der Waals surface area contributed by atoms with E-state index in [-0.39, 0.29) is 0 Å². The lowest BCUT2D eigenvalue weighted by Crippen LogP contribution is -2.35. The molecule has 0 aliphatic carbocycles. The van der Waals surface area contributed by atoms with Crippen LogP contribution in [0.15, 0.2) is 0 Å². The Hall–Kier alpha value is -0.0800. The van der Waals surface area contributed by atoms with Gasteiger partial charge in [0.05, 0.1) is 25.4 Å². The Balaban J connectivity index is 1.88. The fourth-order valence-electron chi connectivity index (χ4n) is 2.55. The van der Waals surface area contributed by atoms with E-state index in [1.165, 1.54) is 57.8 Å². The fraction of sp³-hybridized carbons (Fsp3) is 1.00. The third-order valence-electron chi connectivity index (χ3n) is 3.83. The topological polar surface area (TPSA) is 18.5 Å². The van der Waals surface area contributed by atoms with Crippen molar-refractivity contribution in [2.45, 2.75) is 90.3 Å². The highest BCUT2D eigenvalue weighted by Gasteiger charge is 2.20. The first-order chi connectivity index (χ1) is 8.86. The van der Waals surface area contributed by atoms with Gasteiger partial charge in [-0.25, -0.2) is 0 Å². The Morgan fingerprint density at radius 1 is 0.778 bits per heavy atom. The minimum absolute atomic E-state index is 0.345. The highest BCUT2D eigenvalue weighted by Crippen LogP contribution is 2.17. The van der Waals surface area contributed by atoms with Gasteiger partial charge >= 0.3 is 0 Å². The van der Waals surface area contributed by atoms with E-state index < -0.39 is 0 Å². The van der Waals surface area contributed by atoms with Gasteiger partial charge in [0.25, 0.3) is 0 Å². The predicted octanol–water partition coefficient (Wildman–Crippen LogP) is 4.71. The molecule has 18 heavy (non-hydrogen) atoms. The molecule has 1 aliphatic rings. The van der Waals surface area contributed by atoms with Gasteiger partial charge in [-0.3, -0.25) is 0 Å². The van der Waals surface area contributed by atoms with Crippen LogP contribution < -0.4 is 0 Å². The summed E-state index contributed by atoms with van der Waals surface area (Å²) in [6, 6.07) is 0. The van der Waals surface area contributed by atoms with E-state index in [2.05, 4.69) is 13.8 Å². The second-order valence-corrected chi connectivity index (χ2v) is 5.59. The first-order valence-electron chi connectivity index (χ1n) is 8.10. The quantitative estimate of drug-likeness (QED) is 0.527. The van der Waals surface area contributed by atoms with Crippen LogP contribution in [0.5, 0.6) is 0 Å². The Labute approximate surface area is 113 Å². The third kappa shape index (κ3) is 7.38. The minimum Gasteiger partial charge on any atom is -0.376 e. The van der Waals surface area contributed by atoms with Crippen LogP contribution in [0.1, 0.15) is 78.1 Å². The van der Waals surface area contributed by atoms with Crippen molar-refractivity contribution >= 4 is 0 Å². The molecule has 0 amide bonds. The van der Waals surface area contributed by atoms with Gasteiger partial charge in [0.15, 0.2) is 0 Å². The lowest BCUT2D eigenvalue weighted by atomic mass is 10.1. The summed E-state index contributed by atoms with van der Waals surface area (Å²) in [5.41, 5.74) is 0. The maximum atomic E-state index is 5.97. The minimum atomic E-state index is 0.345. The smallest absolute Gasteiger partial charge is 0.0813 e. The summed E-state index contributed by atoms with van der Waals surface area (Å²) < 4.78 is 11.6. The maximum absolute atomic E-state index is 5.97. The molecule has 0 spiro atoms. The van der Waals surface area contributed by atoms with Crippen LogP contribution in [0.3, 0.4) is 0 Å². The summed E-state index contributed by atoms with van der Waals surface area (Å²) in [4.78, 5) is 0. The van der Waals surface area contributed by atoms with Gasteiger partial charge < -0.3 is 9.47 Å². The number of ether oxygens (including phenoxy) is 2. The lowest BCUT2D eigenvalue weighted by Gasteiger charge is -2.29. The molecule has 1 fully saturated rings. The fourth-order valence-corrected chi connectivity index (χ4v) is 2.55. The standard InChI is InChI=1S/C16H32O2/c1-3-5-6-7-8-9-10-11-12-16-14-17-13-15(4-2)18-16/h15-16H,3-14H2,1-2H3. The zero-order chi connectivity index (χ0) is 13.1. The van der Waals surface area contributed by atoms with E-state index in [0.717, 1.165) is 19.6 Å². The molecule has 0 aromatic rings. The van der Waals surface area contributed by atoms with E-state index in [1.54, 1.807) is 0 Å². The Bertz CT molecular complexity index is 182. The molecule has 2 heteroatoms. The number of hydrogen-bond donors (Lipinski definition) is 0. The van der Waals surface area contributed by atoms with Crippen molar-refractivity contribution in [2.75, 3.05) is 13.2 Å². The molecule has 0 bridgehead atoms. The summed E-state index contributed by atoms with van der Waals surface area (Å²) in [6.45, 7) is 6.06. The second kappa shape index (κ2) is 10.8. The van der Waals surface area contributed by atoms with Crippen molar-refractivity contribution in [1.29, 1.82) is 0 Å². The maximum Gasteiger partial charge on any atom is 0.0813 e. The van der Waals surface area contributed by atoms with Crippen LogP contribution in [-0.4, -0.2) is 25.4 Å². The lowest BCUT2D eigenvalue weighted by molar-refractivity contribution is -0.140. The Kier molecular flexibility index (Phi) is 9.59. The normalized spacial score (nSPS) is 24.3. The number of rotatable bonds is 10. The van der Waals surface area contributed by atoms with Gasteiger partial charge in [-0.2, -0.15) is 0 Å². The predicted molar refractivity (Wildman–Crippen MR) is 77.0 cm³/mol. The van der Waals surface area contributed by atoms with E-state index >= 15 is 0 Å².